The molecule has 7 heteroatoms. The van der Waals surface area contributed by atoms with Crippen molar-refractivity contribution < 1.29 is 23.5 Å². The lowest BCUT2D eigenvalue weighted by Gasteiger charge is -2.24. The second kappa shape index (κ2) is 5.07. The van der Waals surface area contributed by atoms with Gasteiger partial charge < -0.3 is 10.4 Å². The monoisotopic (exact) mass is 258 g/mol. The van der Waals surface area contributed by atoms with Crippen LogP contribution >= 0.6 is 0 Å². The molecule has 0 aromatic carbocycles. The van der Waals surface area contributed by atoms with Gasteiger partial charge in [-0.15, -0.1) is 0 Å². The van der Waals surface area contributed by atoms with Crippen molar-refractivity contribution >= 4 is 11.9 Å². The SMILES string of the molecule is CCC(C)(NC(=O)c1ccnc(F)c1F)C(=O)O. The highest BCUT2D eigenvalue weighted by molar-refractivity contribution is 5.97. The van der Waals surface area contributed by atoms with Crippen LogP contribution in [0.1, 0.15) is 30.6 Å². The molecule has 0 fully saturated rings. The van der Waals surface area contributed by atoms with E-state index in [1.165, 1.54) is 6.92 Å². The van der Waals surface area contributed by atoms with Crippen LogP contribution in [-0.2, 0) is 4.79 Å². The van der Waals surface area contributed by atoms with Gasteiger partial charge in [0.15, 0.2) is 5.82 Å². The Labute approximate surface area is 102 Å². The second-order valence-corrected chi connectivity index (χ2v) is 3.91. The van der Waals surface area contributed by atoms with Crippen molar-refractivity contribution in [2.24, 2.45) is 0 Å². The summed E-state index contributed by atoms with van der Waals surface area (Å²) in [5.41, 5.74) is -2.12. The van der Waals surface area contributed by atoms with Crippen molar-refractivity contribution in [3.05, 3.63) is 29.6 Å². The summed E-state index contributed by atoms with van der Waals surface area (Å²) in [5.74, 6) is -5.07. The van der Waals surface area contributed by atoms with Crippen LogP contribution in [0.4, 0.5) is 8.78 Å². The van der Waals surface area contributed by atoms with Crippen LogP contribution in [0.25, 0.3) is 0 Å². The molecule has 98 valence electrons. The number of rotatable bonds is 4. The van der Waals surface area contributed by atoms with Crippen LogP contribution in [0.5, 0.6) is 0 Å². The van der Waals surface area contributed by atoms with Crippen molar-refractivity contribution in [2.45, 2.75) is 25.8 Å². The number of carbonyl (C=O) groups is 2. The first kappa shape index (κ1) is 14.0. The summed E-state index contributed by atoms with van der Waals surface area (Å²) < 4.78 is 26.1. The minimum Gasteiger partial charge on any atom is -0.480 e. The van der Waals surface area contributed by atoms with Crippen LogP contribution in [0.2, 0.25) is 0 Å². The molecule has 0 spiro atoms. The van der Waals surface area contributed by atoms with E-state index in [1.807, 2.05) is 0 Å². The Balaban J connectivity index is 3.02. The van der Waals surface area contributed by atoms with E-state index in [2.05, 4.69) is 10.3 Å². The molecule has 18 heavy (non-hydrogen) atoms. The molecule has 1 aromatic heterocycles. The first-order valence-corrected chi connectivity index (χ1v) is 5.17. The molecule has 1 heterocycles. The predicted molar refractivity (Wildman–Crippen MR) is 58.0 cm³/mol. The van der Waals surface area contributed by atoms with Gasteiger partial charge in [0.05, 0.1) is 5.56 Å². The van der Waals surface area contributed by atoms with Crippen molar-refractivity contribution in [1.82, 2.24) is 10.3 Å². The van der Waals surface area contributed by atoms with E-state index in [1.54, 1.807) is 6.92 Å². The minimum absolute atomic E-state index is 0.100. The summed E-state index contributed by atoms with van der Waals surface area (Å²) in [6.45, 7) is 2.83. The van der Waals surface area contributed by atoms with Gasteiger partial charge in [-0.1, -0.05) is 6.92 Å². The number of amides is 1. The number of aromatic nitrogens is 1. The summed E-state index contributed by atoms with van der Waals surface area (Å²) >= 11 is 0. The average molecular weight is 258 g/mol. The Kier molecular flexibility index (Phi) is 3.95. The van der Waals surface area contributed by atoms with Gasteiger partial charge in [0.25, 0.3) is 5.91 Å². The number of hydrogen-bond donors (Lipinski definition) is 2. The van der Waals surface area contributed by atoms with E-state index >= 15 is 0 Å². The topological polar surface area (TPSA) is 79.3 Å². The standard InChI is InChI=1S/C11H12F2N2O3/c1-3-11(2,10(17)18)15-9(16)6-4-5-14-8(13)7(6)12/h4-5H,3H2,1-2H3,(H,15,16)(H,17,18). The van der Waals surface area contributed by atoms with Gasteiger partial charge in [0.2, 0.25) is 5.95 Å². The van der Waals surface area contributed by atoms with Crippen LogP contribution in [0.15, 0.2) is 12.3 Å². The van der Waals surface area contributed by atoms with E-state index in [0.29, 0.717) is 0 Å². The number of carbonyl (C=O) groups excluding carboxylic acids is 1. The van der Waals surface area contributed by atoms with Crippen molar-refractivity contribution in [3.8, 4) is 0 Å². The zero-order chi connectivity index (χ0) is 13.9. The molecular weight excluding hydrogens is 246 g/mol. The normalized spacial score (nSPS) is 13.8. The van der Waals surface area contributed by atoms with Gasteiger partial charge in [-0.3, -0.25) is 4.79 Å². The van der Waals surface area contributed by atoms with Gasteiger partial charge in [-0.05, 0) is 19.4 Å². The second-order valence-electron chi connectivity index (χ2n) is 3.91. The highest BCUT2D eigenvalue weighted by atomic mass is 19.2. The maximum atomic E-state index is 13.3. The molecule has 0 radical (unpaired) electrons. The largest absolute Gasteiger partial charge is 0.480 e. The van der Waals surface area contributed by atoms with Crippen LogP contribution in [-0.4, -0.2) is 27.5 Å². The first-order valence-electron chi connectivity index (χ1n) is 5.17. The lowest BCUT2D eigenvalue weighted by molar-refractivity contribution is -0.143. The Morgan fingerprint density at radius 3 is 2.61 bits per heavy atom. The lowest BCUT2D eigenvalue weighted by atomic mass is 9.98. The smallest absolute Gasteiger partial charge is 0.329 e. The number of halogens is 2. The van der Waals surface area contributed by atoms with Gasteiger partial charge >= 0.3 is 5.97 Å². The molecule has 5 nitrogen and oxygen atoms in total. The van der Waals surface area contributed by atoms with Crippen molar-refractivity contribution in [3.63, 3.8) is 0 Å². The van der Waals surface area contributed by atoms with Crippen molar-refractivity contribution in [2.75, 3.05) is 0 Å². The van der Waals surface area contributed by atoms with E-state index < -0.39 is 34.7 Å². The molecule has 0 aliphatic heterocycles. The number of nitrogens with zero attached hydrogens (tertiary/aromatic N) is 1. The summed E-state index contributed by atoms with van der Waals surface area (Å²) in [6.07, 6.45) is 1.03. The highest BCUT2D eigenvalue weighted by Gasteiger charge is 2.34. The minimum atomic E-state index is -1.54. The molecule has 1 amide bonds. The Morgan fingerprint density at radius 2 is 2.11 bits per heavy atom. The number of nitrogens with one attached hydrogen (secondary N) is 1. The molecule has 0 bridgehead atoms. The third-order valence-electron chi connectivity index (χ3n) is 2.66. The fourth-order valence-electron chi connectivity index (χ4n) is 1.20. The fraction of sp³-hybridized carbons (Fsp3) is 0.364. The number of pyridine rings is 1. The Morgan fingerprint density at radius 1 is 1.50 bits per heavy atom. The van der Waals surface area contributed by atoms with Gasteiger partial charge in [-0.25, -0.2) is 14.2 Å². The third-order valence-corrected chi connectivity index (χ3v) is 2.66. The Bertz CT molecular complexity index is 493. The molecule has 0 saturated heterocycles. The third kappa shape index (κ3) is 2.61. The maximum Gasteiger partial charge on any atom is 0.329 e. The van der Waals surface area contributed by atoms with Crippen LogP contribution < -0.4 is 5.32 Å². The van der Waals surface area contributed by atoms with E-state index in [4.69, 9.17) is 5.11 Å². The summed E-state index contributed by atoms with van der Waals surface area (Å²) in [5, 5.41) is 11.1. The van der Waals surface area contributed by atoms with E-state index in [9.17, 15) is 18.4 Å². The molecule has 0 saturated carbocycles. The summed E-state index contributed by atoms with van der Waals surface area (Å²) in [6, 6.07) is 0.978. The maximum absolute atomic E-state index is 13.3. The molecule has 2 N–H and O–H groups in total. The zero-order valence-corrected chi connectivity index (χ0v) is 9.83. The van der Waals surface area contributed by atoms with E-state index in [-0.39, 0.29) is 6.42 Å². The van der Waals surface area contributed by atoms with Crippen LogP contribution in [0.3, 0.4) is 0 Å². The van der Waals surface area contributed by atoms with E-state index in [0.717, 1.165) is 12.3 Å². The molecular formula is C11H12F2N2O3. The molecule has 1 aromatic rings. The highest BCUT2D eigenvalue weighted by Crippen LogP contribution is 2.13. The first-order chi connectivity index (χ1) is 8.31. The quantitative estimate of drug-likeness (QED) is 0.799. The summed E-state index contributed by atoms with van der Waals surface area (Å²) in [7, 11) is 0. The van der Waals surface area contributed by atoms with Gasteiger partial charge in [0, 0.05) is 6.20 Å². The van der Waals surface area contributed by atoms with Gasteiger partial charge in [-0.2, -0.15) is 4.39 Å². The average Bonchev–Trinajstić information content (AvgIpc) is 2.32. The fourth-order valence-corrected chi connectivity index (χ4v) is 1.20. The van der Waals surface area contributed by atoms with Crippen molar-refractivity contribution in [1.29, 1.82) is 0 Å². The zero-order valence-electron chi connectivity index (χ0n) is 9.83. The van der Waals surface area contributed by atoms with Gasteiger partial charge in [0.1, 0.15) is 5.54 Å². The lowest BCUT2D eigenvalue weighted by Crippen LogP contribution is -2.51. The molecule has 1 rings (SSSR count). The number of carboxylic acid groups (broad SMARTS) is 1. The molecule has 1 unspecified atom stereocenters. The number of aliphatic carboxylic acids is 1. The molecule has 1 atom stereocenters. The molecule has 0 aliphatic rings. The number of hydrogen-bond acceptors (Lipinski definition) is 3. The predicted octanol–water partition coefficient (Wildman–Crippen LogP) is 1.34. The summed E-state index contributed by atoms with van der Waals surface area (Å²) in [4.78, 5) is 25.7. The van der Waals surface area contributed by atoms with Crippen LogP contribution in [0, 0.1) is 11.8 Å². The Hall–Kier alpha value is -2.05. The molecule has 0 aliphatic carbocycles. The number of carboxylic acids is 1.